The first-order chi connectivity index (χ1) is 29.5. The van der Waals surface area contributed by atoms with Gasteiger partial charge in [-0.05, 0) is 66.6 Å². The molecular weight excluding hydrogens is 800 g/mol. The Labute approximate surface area is 354 Å². The van der Waals surface area contributed by atoms with Gasteiger partial charge in [0.2, 0.25) is 12.5 Å². The lowest BCUT2D eigenvalue weighted by molar-refractivity contribution is -0.323. The van der Waals surface area contributed by atoms with Gasteiger partial charge in [0, 0.05) is 37.5 Å². The number of ether oxygens (including phenoxy) is 12. The average molecular weight is 857 g/mol. The zero-order valence-corrected chi connectivity index (χ0v) is 35.7. The number of hydrogen-bond acceptors (Lipinski definition) is 17. The molecule has 17 heteroatoms. The summed E-state index contributed by atoms with van der Waals surface area (Å²) in [4.78, 5) is 66.7. The van der Waals surface area contributed by atoms with E-state index in [1.54, 1.807) is 45.0 Å². The molecule has 2 aromatic rings. The van der Waals surface area contributed by atoms with Crippen LogP contribution in [0.2, 0.25) is 0 Å². The smallest absolute Gasteiger partial charge is 0.310 e. The van der Waals surface area contributed by atoms with E-state index in [1.165, 1.54) is 21.3 Å². The summed E-state index contributed by atoms with van der Waals surface area (Å²) in [6, 6.07) is 7.11. The molecule has 9 atom stereocenters. The van der Waals surface area contributed by atoms with Crippen LogP contribution in [0.3, 0.4) is 0 Å². The van der Waals surface area contributed by atoms with Gasteiger partial charge in [0.15, 0.2) is 47.6 Å². The summed E-state index contributed by atoms with van der Waals surface area (Å²) in [6.45, 7) is 6.68. The summed E-state index contributed by atoms with van der Waals surface area (Å²) in [5.74, 6) is -3.17. The largest absolute Gasteiger partial charge is 0.493 e. The van der Waals surface area contributed by atoms with Crippen molar-refractivity contribution in [2.24, 2.45) is 11.8 Å². The molecule has 0 saturated carbocycles. The van der Waals surface area contributed by atoms with Crippen molar-refractivity contribution in [3.8, 4) is 28.7 Å². The van der Waals surface area contributed by atoms with Crippen LogP contribution in [0.25, 0.3) is 0 Å². The molecule has 2 fully saturated rings. The van der Waals surface area contributed by atoms with Crippen LogP contribution >= 0.6 is 0 Å². The number of fused-ring (bicyclic) bond motifs is 3. The third-order valence-corrected chi connectivity index (χ3v) is 11.1. The quantitative estimate of drug-likeness (QED) is 0.124. The minimum Gasteiger partial charge on any atom is -0.493 e. The SMILES string of the molecule is CCCC(=O)OC[C@H]1O[C@@H](O[C@@H]2c3cc4c(cc3[C@@H](c3cc(OC)c(OC)c(OC)c3)[C@H]3C(=O)OC[C@@H]32)OCO4)[C@H](OC(=O)CCC)[C@@H](OC(=O)CCC)[C@@H]1OC(=O)CCC. The summed E-state index contributed by atoms with van der Waals surface area (Å²) in [5, 5.41) is 0. The Balaban J connectivity index is 1.50. The molecule has 0 spiro atoms. The van der Waals surface area contributed by atoms with E-state index in [0.29, 0.717) is 71.1 Å². The van der Waals surface area contributed by atoms with Crippen molar-refractivity contribution in [3.63, 3.8) is 0 Å². The number of cyclic esters (lactones) is 1. The van der Waals surface area contributed by atoms with Crippen LogP contribution < -0.4 is 23.7 Å². The van der Waals surface area contributed by atoms with Gasteiger partial charge in [0.05, 0.1) is 40.0 Å². The molecule has 0 bridgehead atoms. The van der Waals surface area contributed by atoms with Gasteiger partial charge in [-0.2, -0.15) is 0 Å². The fourth-order valence-corrected chi connectivity index (χ4v) is 8.33. The van der Waals surface area contributed by atoms with E-state index in [1.807, 2.05) is 6.92 Å². The van der Waals surface area contributed by atoms with E-state index in [4.69, 9.17) is 56.8 Å². The molecule has 6 rings (SSSR count). The Kier molecular flexibility index (Phi) is 15.2. The Bertz CT molecular complexity index is 1890. The predicted octanol–water partition coefficient (Wildman–Crippen LogP) is 5.64. The number of rotatable bonds is 19. The van der Waals surface area contributed by atoms with E-state index in [-0.39, 0.29) is 39.1 Å². The lowest BCUT2D eigenvalue weighted by Crippen LogP contribution is -2.63. The monoisotopic (exact) mass is 856 g/mol. The molecule has 0 amide bonds. The Morgan fingerprint density at radius 3 is 1.75 bits per heavy atom. The predicted molar refractivity (Wildman–Crippen MR) is 211 cm³/mol. The highest BCUT2D eigenvalue weighted by molar-refractivity contribution is 5.79. The van der Waals surface area contributed by atoms with Crippen LogP contribution in [-0.4, -0.2) is 102 Å². The highest BCUT2D eigenvalue weighted by Gasteiger charge is 2.58. The minimum atomic E-state index is -1.53. The second-order valence-corrected chi connectivity index (χ2v) is 15.2. The van der Waals surface area contributed by atoms with Gasteiger partial charge in [-0.25, -0.2) is 0 Å². The number of esters is 5. The highest BCUT2D eigenvalue weighted by atomic mass is 16.7. The average Bonchev–Trinajstić information content (AvgIpc) is 3.87. The molecule has 17 nitrogen and oxygen atoms in total. The zero-order valence-electron chi connectivity index (χ0n) is 35.7. The van der Waals surface area contributed by atoms with Crippen molar-refractivity contribution >= 4 is 29.8 Å². The number of carbonyl (C=O) groups is 5. The first-order valence-electron chi connectivity index (χ1n) is 20.9. The Morgan fingerprint density at radius 1 is 0.656 bits per heavy atom. The van der Waals surface area contributed by atoms with Gasteiger partial charge in [-0.15, -0.1) is 0 Å². The van der Waals surface area contributed by atoms with Crippen LogP contribution in [0.1, 0.15) is 108 Å². The lowest BCUT2D eigenvalue weighted by Gasteiger charge is -2.47. The van der Waals surface area contributed by atoms with Crippen molar-refractivity contribution in [1.29, 1.82) is 0 Å². The standard InChI is InChI=1S/C44H56O17/c1-8-12-32(45)53-21-31-40(58-33(46)13-9-2)41(59-34(47)14-10-3)42(60-35(48)15-11-4)44(57-31)61-38-25-19-28-27(55-22-56-28)18-24(25)36(37-26(38)20-54-43(37)49)23-16-29(50-5)39(52-7)30(17-23)51-6/h16-19,26,31,36-38,40-42,44H,8-15,20-22H2,1-7H3/t26-,31+,36+,37-,38+,40+,41-,42+,44-/m0/s1. The lowest BCUT2D eigenvalue weighted by atomic mass is 9.66. The molecule has 3 heterocycles. The topological polar surface area (TPSA) is 196 Å². The molecule has 61 heavy (non-hydrogen) atoms. The fourth-order valence-electron chi connectivity index (χ4n) is 8.33. The molecule has 4 aliphatic rings. The summed E-state index contributed by atoms with van der Waals surface area (Å²) in [7, 11) is 4.49. The van der Waals surface area contributed by atoms with Crippen molar-refractivity contribution in [2.45, 2.75) is 122 Å². The van der Waals surface area contributed by atoms with E-state index < -0.39 is 91.0 Å². The van der Waals surface area contributed by atoms with Gasteiger partial charge >= 0.3 is 29.8 Å². The van der Waals surface area contributed by atoms with E-state index in [0.717, 1.165) is 0 Å². The van der Waals surface area contributed by atoms with Crippen LogP contribution in [0.4, 0.5) is 0 Å². The number of carbonyl (C=O) groups excluding carboxylic acids is 5. The molecular formula is C44H56O17. The molecule has 334 valence electrons. The van der Waals surface area contributed by atoms with Crippen LogP contribution in [0.15, 0.2) is 24.3 Å². The Morgan fingerprint density at radius 2 is 1.20 bits per heavy atom. The second kappa shape index (κ2) is 20.5. The van der Waals surface area contributed by atoms with Crippen LogP contribution in [0, 0.1) is 11.8 Å². The summed E-state index contributed by atoms with van der Waals surface area (Å²) in [5.41, 5.74) is 1.85. The van der Waals surface area contributed by atoms with Crippen LogP contribution in [0.5, 0.6) is 28.7 Å². The minimum absolute atomic E-state index is 0.001000. The molecule has 0 aromatic heterocycles. The Hall–Kier alpha value is -5.29. The van der Waals surface area contributed by atoms with Gasteiger partial charge in [0.25, 0.3) is 0 Å². The summed E-state index contributed by atoms with van der Waals surface area (Å²) in [6.07, 6.45) is -6.19. The number of benzene rings is 2. The molecule has 0 unspecified atom stereocenters. The van der Waals surface area contributed by atoms with Crippen molar-refractivity contribution in [3.05, 3.63) is 41.0 Å². The van der Waals surface area contributed by atoms with Gasteiger partial charge < -0.3 is 56.8 Å². The first kappa shape index (κ1) is 45.2. The van der Waals surface area contributed by atoms with Gasteiger partial charge in [0.1, 0.15) is 12.7 Å². The maximum absolute atomic E-state index is 14.0. The highest BCUT2D eigenvalue weighted by Crippen LogP contribution is 2.57. The van der Waals surface area contributed by atoms with E-state index in [2.05, 4.69) is 0 Å². The van der Waals surface area contributed by atoms with Gasteiger partial charge in [-0.3, -0.25) is 24.0 Å². The maximum Gasteiger partial charge on any atom is 0.310 e. The zero-order chi connectivity index (χ0) is 43.8. The fraction of sp³-hybridized carbons (Fsp3) is 0.614. The maximum atomic E-state index is 14.0. The van der Waals surface area contributed by atoms with Crippen molar-refractivity contribution in [1.82, 2.24) is 0 Å². The molecule has 2 aromatic carbocycles. The normalized spacial score (nSPS) is 26.0. The van der Waals surface area contributed by atoms with Crippen LogP contribution in [-0.2, 0) is 57.1 Å². The molecule has 0 N–H and O–H groups in total. The summed E-state index contributed by atoms with van der Waals surface area (Å²) < 4.78 is 71.7. The van der Waals surface area contributed by atoms with Crippen molar-refractivity contribution < 1.29 is 80.8 Å². The number of methoxy groups -OCH3 is 3. The molecule has 1 aliphatic carbocycles. The molecule has 2 saturated heterocycles. The third kappa shape index (κ3) is 9.77. The summed E-state index contributed by atoms with van der Waals surface area (Å²) >= 11 is 0. The van der Waals surface area contributed by atoms with E-state index in [9.17, 15) is 24.0 Å². The van der Waals surface area contributed by atoms with Crippen molar-refractivity contribution in [2.75, 3.05) is 41.3 Å². The number of hydrogen-bond donors (Lipinski definition) is 0. The molecule has 0 radical (unpaired) electrons. The van der Waals surface area contributed by atoms with Gasteiger partial charge in [-0.1, -0.05) is 27.7 Å². The molecule has 3 aliphatic heterocycles. The first-order valence-corrected chi connectivity index (χ1v) is 20.9. The second-order valence-electron chi connectivity index (χ2n) is 15.2. The third-order valence-electron chi connectivity index (χ3n) is 11.1. The van der Waals surface area contributed by atoms with E-state index >= 15 is 0 Å².